The Labute approximate surface area is 161 Å². The molecule has 0 radical (unpaired) electrons. The van der Waals surface area contributed by atoms with Crippen LogP contribution in [0.15, 0.2) is 0 Å². The van der Waals surface area contributed by atoms with Crippen LogP contribution >= 0.6 is 22.9 Å². The van der Waals surface area contributed by atoms with Crippen molar-refractivity contribution in [1.82, 2.24) is 12.7 Å². The fraction of sp³-hybridized carbons (Fsp3) is 0.850. The van der Waals surface area contributed by atoms with Crippen molar-refractivity contribution in [2.45, 2.75) is 72.4 Å². The second-order valence-electron chi connectivity index (χ2n) is 9.02. The molecule has 24 heavy (non-hydrogen) atoms. The molecule has 0 N–H and O–H groups in total. The van der Waals surface area contributed by atoms with Crippen LogP contribution in [0.2, 0.25) is 0 Å². The molecule has 1 aliphatic carbocycles. The van der Waals surface area contributed by atoms with Gasteiger partial charge in [-0.05, 0) is 62.2 Å². The molecule has 5 atom stereocenters. The zero-order valence-corrected chi connectivity index (χ0v) is 17.8. The number of hydrogen-bond donors (Lipinski definition) is 0. The van der Waals surface area contributed by atoms with E-state index < -0.39 is 0 Å². The molecular formula is C20H32IN3. The van der Waals surface area contributed by atoms with E-state index in [1.165, 1.54) is 62.4 Å². The third kappa shape index (κ3) is 2.95. The van der Waals surface area contributed by atoms with E-state index in [0.717, 1.165) is 35.6 Å². The van der Waals surface area contributed by atoms with Crippen molar-refractivity contribution < 1.29 is 0 Å². The number of nitrogens with zero attached hydrogens (tertiary/aromatic N) is 3. The van der Waals surface area contributed by atoms with E-state index in [-0.39, 0.29) is 0 Å². The second-order valence-corrected chi connectivity index (χ2v) is 10.3. The van der Waals surface area contributed by atoms with Crippen LogP contribution in [-0.4, -0.2) is 25.3 Å². The Morgan fingerprint density at radius 3 is 2.67 bits per heavy atom. The van der Waals surface area contributed by atoms with Gasteiger partial charge in [0.1, 0.15) is 5.82 Å². The van der Waals surface area contributed by atoms with Crippen LogP contribution < -0.4 is 0 Å². The zero-order chi connectivity index (χ0) is 17.0. The molecule has 3 heterocycles. The average molecular weight is 441 g/mol. The Kier molecular flexibility index (Phi) is 4.74. The third-order valence-electron chi connectivity index (χ3n) is 7.29. The summed E-state index contributed by atoms with van der Waals surface area (Å²) in [6.07, 6.45) is 6.55. The number of imidazole rings is 1. The number of rotatable bonds is 4. The van der Waals surface area contributed by atoms with Crippen LogP contribution in [0.3, 0.4) is 0 Å². The maximum atomic E-state index is 5.12. The minimum atomic E-state index is 0.779. The Hall–Kier alpha value is -0.100. The summed E-state index contributed by atoms with van der Waals surface area (Å²) in [4.78, 5) is 5.12. The Balaban J connectivity index is 1.46. The van der Waals surface area contributed by atoms with Crippen molar-refractivity contribution >= 4 is 22.9 Å². The highest BCUT2D eigenvalue weighted by molar-refractivity contribution is 14.1. The van der Waals surface area contributed by atoms with Crippen LogP contribution in [0.5, 0.6) is 0 Å². The van der Waals surface area contributed by atoms with Crippen molar-refractivity contribution in [1.29, 1.82) is 0 Å². The molecule has 1 aromatic rings. The van der Waals surface area contributed by atoms with Gasteiger partial charge in [0.15, 0.2) is 0 Å². The topological polar surface area (TPSA) is 21.1 Å². The molecule has 3 nitrogen and oxygen atoms in total. The van der Waals surface area contributed by atoms with Gasteiger partial charge >= 0.3 is 0 Å². The van der Waals surface area contributed by atoms with Crippen molar-refractivity contribution in [2.24, 2.45) is 29.6 Å². The summed E-state index contributed by atoms with van der Waals surface area (Å²) in [7, 11) is 0. The molecule has 134 valence electrons. The molecule has 5 unspecified atom stereocenters. The highest BCUT2D eigenvalue weighted by Gasteiger charge is 2.45. The summed E-state index contributed by atoms with van der Waals surface area (Å²) in [6.45, 7) is 12.0. The van der Waals surface area contributed by atoms with E-state index in [2.05, 4.69) is 58.2 Å². The first-order valence-corrected chi connectivity index (χ1v) is 10.9. The Morgan fingerprint density at radius 1 is 1.25 bits per heavy atom. The van der Waals surface area contributed by atoms with Gasteiger partial charge in [0, 0.05) is 54.1 Å². The lowest BCUT2D eigenvalue weighted by molar-refractivity contribution is 0.221. The molecule has 3 aliphatic rings. The molecule has 2 aliphatic heterocycles. The quantitative estimate of drug-likeness (QED) is 0.501. The minimum Gasteiger partial charge on any atom is -0.332 e. The molecule has 1 saturated carbocycles. The molecule has 1 saturated heterocycles. The molecule has 2 fully saturated rings. The zero-order valence-electron chi connectivity index (χ0n) is 15.6. The lowest BCUT2D eigenvalue weighted by Crippen LogP contribution is -2.31. The van der Waals surface area contributed by atoms with Gasteiger partial charge in [-0.1, -0.05) is 20.8 Å². The number of hydrogen-bond acceptors (Lipinski definition) is 2. The van der Waals surface area contributed by atoms with Gasteiger partial charge < -0.3 is 4.57 Å². The normalized spacial score (nSPS) is 34.1. The molecule has 4 rings (SSSR count). The van der Waals surface area contributed by atoms with Gasteiger partial charge in [0.2, 0.25) is 0 Å². The van der Waals surface area contributed by atoms with Crippen LogP contribution in [0.4, 0.5) is 0 Å². The molecule has 0 aromatic carbocycles. The van der Waals surface area contributed by atoms with E-state index in [0.29, 0.717) is 0 Å². The molecular weight excluding hydrogens is 409 g/mol. The Morgan fingerprint density at radius 2 is 2.04 bits per heavy atom. The van der Waals surface area contributed by atoms with E-state index in [1.54, 1.807) is 0 Å². The lowest BCUT2D eigenvalue weighted by atomic mass is 9.81. The Bertz CT molecular complexity index is 606. The van der Waals surface area contributed by atoms with Gasteiger partial charge in [0.05, 0.1) is 5.69 Å². The first-order valence-electron chi connectivity index (χ1n) is 9.91. The van der Waals surface area contributed by atoms with Crippen LogP contribution in [0.1, 0.15) is 57.2 Å². The maximum Gasteiger partial charge on any atom is 0.109 e. The number of piperidine rings is 1. The summed E-state index contributed by atoms with van der Waals surface area (Å²) < 4.78 is 5.08. The van der Waals surface area contributed by atoms with Gasteiger partial charge in [-0.15, -0.1) is 0 Å². The fourth-order valence-corrected chi connectivity index (χ4v) is 6.55. The largest absolute Gasteiger partial charge is 0.332 e. The molecule has 1 aromatic heterocycles. The van der Waals surface area contributed by atoms with Crippen molar-refractivity contribution in [3.63, 3.8) is 0 Å². The maximum absolute atomic E-state index is 5.12. The van der Waals surface area contributed by atoms with Gasteiger partial charge in [0.25, 0.3) is 0 Å². The SMILES string of the molecule is Cc1c(CC(C)C2CC3CC2CN3I)nc2n1CCC(C(C)C)C2. The van der Waals surface area contributed by atoms with Crippen LogP contribution in [0, 0.1) is 36.5 Å². The average Bonchev–Trinajstić information content (AvgIpc) is 3.20. The van der Waals surface area contributed by atoms with E-state index in [1.807, 2.05) is 0 Å². The molecule has 0 amide bonds. The summed E-state index contributed by atoms with van der Waals surface area (Å²) in [5.41, 5.74) is 2.86. The van der Waals surface area contributed by atoms with Crippen LogP contribution in [-0.2, 0) is 19.4 Å². The minimum absolute atomic E-state index is 0.779. The number of halogens is 1. The van der Waals surface area contributed by atoms with Gasteiger partial charge in [-0.25, -0.2) is 8.10 Å². The fourth-order valence-electron chi connectivity index (χ4n) is 5.59. The second kappa shape index (κ2) is 6.57. The van der Waals surface area contributed by atoms with Crippen molar-refractivity contribution in [3.8, 4) is 0 Å². The lowest BCUT2D eigenvalue weighted by Gasteiger charge is -2.31. The van der Waals surface area contributed by atoms with E-state index >= 15 is 0 Å². The molecule has 0 spiro atoms. The smallest absolute Gasteiger partial charge is 0.109 e. The first-order chi connectivity index (χ1) is 11.4. The predicted molar refractivity (Wildman–Crippen MR) is 107 cm³/mol. The highest BCUT2D eigenvalue weighted by Crippen LogP contribution is 2.47. The standard InChI is InChI=1S/C20H32IN3/c1-12(2)15-5-6-23-14(4)19(22-20(23)9-15)7-13(3)18-10-17-8-16(18)11-24(17)21/h12-13,15-18H,5-11H2,1-4H3. The summed E-state index contributed by atoms with van der Waals surface area (Å²) in [6, 6.07) is 0.853. The van der Waals surface area contributed by atoms with Crippen molar-refractivity contribution in [3.05, 3.63) is 17.2 Å². The van der Waals surface area contributed by atoms with Gasteiger partial charge in [-0.3, -0.25) is 0 Å². The number of fused-ring (bicyclic) bond motifs is 3. The van der Waals surface area contributed by atoms with E-state index in [9.17, 15) is 0 Å². The predicted octanol–water partition coefficient (Wildman–Crippen LogP) is 4.65. The molecule has 2 bridgehead atoms. The molecule has 4 heteroatoms. The van der Waals surface area contributed by atoms with Crippen molar-refractivity contribution in [2.75, 3.05) is 6.54 Å². The third-order valence-corrected chi connectivity index (χ3v) is 8.47. The van der Waals surface area contributed by atoms with Gasteiger partial charge in [-0.2, -0.15) is 0 Å². The summed E-state index contributed by atoms with van der Waals surface area (Å²) >= 11 is 2.54. The number of aromatic nitrogens is 2. The van der Waals surface area contributed by atoms with E-state index in [4.69, 9.17) is 4.98 Å². The first kappa shape index (κ1) is 17.3. The summed E-state index contributed by atoms with van der Waals surface area (Å²) in [5.74, 6) is 5.60. The van der Waals surface area contributed by atoms with Crippen LogP contribution in [0.25, 0.3) is 0 Å². The monoisotopic (exact) mass is 441 g/mol. The summed E-state index contributed by atoms with van der Waals surface area (Å²) in [5, 5.41) is 0. The highest BCUT2D eigenvalue weighted by atomic mass is 127.